The van der Waals surface area contributed by atoms with Crippen LogP contribution in [0.3, 0.4) is 0 Å². The number of unbranched alkanes of at least 4 members (excludes halogenated alkanes) is 8. The average molecular weight is 608 g/mol. The highest BCUT2D eigenvalue weighted by Gasteiger charge is 2.30. The van der Waals surface area contributed by atoms with Crippen molar-refractivity contribution in [3.8, 4) is 0 Å². The van der Waals surface area contributed by atoms with Crippen LogP contribution in [0.4, 0.5) is 4.79 Å². The Hall–Kier alpha value is -2.39. The molecule has 0 aromatic heterocycles. The quantitative estimate of drug-likeness (QED) is 0.0519. The van der Waals surface area contributed by atoms with Crippen molar-refractivity contribution in [3.63, 3.8) is 0 Å². The summed E-state index contributed by atoms with van der Waals surface area (Å²) in [4.78, 5) is 36.7. The third-order valence-corrected chi connectivity index (χ3v) is 12.4. The van der Waals surface area contributed by atoms with E-state index in [0.717, 1.165) is 75.1 Å². The number of carbonyl (C=O) groups is 3. The summed E-state index contributed by atoms with van der Waals surface area (Å²) in [6.07, 6.45) is 9.49. The Morgan fingerprint density at radius 1 is 0.714 bits per heavy atom. The maximum Gasteiger partial charge on any atom is 0.407 e. The Balaban J connectivity index is 2.26. The molecule has 0 spiro atoms. The zero-order valence-corrected chi connectivity index (χ0v) is 27.8. The van der Waals surface area contributed by atoms with Crippen molar-refractivity contribution in [1.29, 1.82) is 0 Å². The molecular weight excluding hydrogens is 550 g/mol. The van der Waals surface area contributed by atoms with E-state index in [0.29, 0.717) is 19.4 Å². The maximum absolute atomic E-state index is 12.5. The van der Waals surface area contributed by atoms with Gasteiger partial charge in [-0.25, -0.2) is 4.79 Å². The lowest BCUT2D eigenvalue weighted by atomic mass is 10.1. The number of amides is 1. The lowest BCUT2D eigenvalue weighted by Gasteiger charge is -2.30. The van der Waals surface area contributed by atoms with E-state index in [1.807, 2.05) is 30.3 Å². The summed E-state index contributed by atoms with van der Waals surface area (Å²) in [5, 5.41) is 2.77. The van der Waals surface area contributed by atoms with Gasteiger partial charge in [-0.05, 0) is 43.0 Å². The highest BCUT2D eigenvalue weighted by atomic mass is 28.4. The summed E-state index contributed by atoms with van der Waals surface area (Å²) in [6, 6.07) is 12.6. The van der Waals surface area contributed by atoms with Gasteiger partial charge in [0.25, 0.3) is 0 Å². The number of ether oxygens (including phenoxy) is 3. The molecule has 0 saturated heterocycles. The fourth-order valence-electron chi connectivity index (χ4n) is 4.71. The van der Waals surface area contributed by atoms with Crippen LogP contribution < -0.4 is 5.32 Å². The number of benzene rings is 1. The SMILES string of the molecule is CCCCCCCC(=O)O[C@H](COC(=O)CCCCCCCNC(=O)OCc1ccccc1)CO[Si](CC)(CC)CC. The largest absolute Gasteiger partial charge is 0.462 e. The summed E-state index contributed by atoms with van der Waals surface area (Å²) < 4.78 is 22.8. The number of hydrogen-bond acceptors (Lipinski definition) is 7. The van der Waals surface area contributed by atoms with E-state index < -0.39 is 20.5 Å². The van der Waals surface area contributed by atoms with E-state index in [9.17, 15) is 14.4 Å². The molecule has 0 radical (unpaired) electrons. The zero-order valence-electron chi connectivity index (χ0n) is 26.8. The van der Waals surface area contributed by atoms with E-state index in [2.05, 4.69) is 33.0 Å². The molecule has 1 amide bonds. The second-order valence-corrected chi connectivity index (χ2v) is 15.8. The van der Waals surface area contributed by atoms with Gasteiger partial charge in [0, 0.05) is 19.4 Å². The second-order valence-electron chi connectivity index (χ2n) is 11.0. The molecule has 1 aromatic carbocycles. The molecule has 0 fully saturated rings. The Labute approximate surface area is 255 Å². The molecule has 0 aliphatic rings. The van der Waals surface area contributed by atoms with Crippen molar-refractivity contribution in [1.82, 2.24) is 5.32 Å². The number of alkyl carbamates (subject to hydrolysis) is 1. The zero-order chi connectivity index (χ0) is 30.9. The minimum Gasteiger partial charge on any atom is -0.462 e. The molecule has 1 atom stereocenters. The normalized spacial score (nSPS) is 12.0. The number of nitrogens with one attached hydrogen (secondary N) is 1. The lowest BCUT2D eigenvalue weighted by molar-refractivity contribution is -0.161. The van der Waals surface area contributed by atoms with Crippen molar-refractivity contribution in [2.45, 2.75) is 136 Å². The Bertz CT molecular complexity index is 840. The van der Waals surface area contributed by atoms with Crippen molar-refractivity contribution in [2.75, 3.05) is 19.8 Å². The fourth-order valence-corrected chi connectivity index (χ4v) is 7.36. The molecule has 0 aliphatic carbocycles. The van der Waals surface area contributed by atoms with E-state index in [-0.39, 0.29) is 31.8 Å². The van der Waals surface area contributed by atoms with Gasteiger partial charge in [0.2, 0.25) is 0 Å². The van der Waals surface area contributed by atoms with Crippen LogP contribution >= 0.6 is 0 Å². The number of rotatable bonds is 25. The molecule has 1 N–H and O–H groups in total. The van der Waals surface area contributed by atoms with E-state index >= 15 is 0 Å². The topological polar surface area (TPSA) is 100 Å². The van der Waals surface area contributed by atoms with Crippen molar-refractivity contribution < 1.29 is 33.0 Å². The van der Waals surface area contributed by atoms with Gasteiger partial charge in [0.05, 0.1) is 6.61 Å². The molecular formula is C33H57NO7Si. The molecule has 0 saturated carbocycles. The Morgan fingerprint density at radius 2 is 1.31 bits per heavy atom. The predicted octanol–water partition coefficient (Wildman–Crippen LogP) is 8.09. The lowest BCUT2D eigenvalue weighted by Crippen LogP contribution is -2.40. The smallest absolute Gasteiger partial charge is 0.407 e. The Kier molecular flexibility index (Phi) is 21.6. The van der Waals surface area contributed by atoms with Crippen LogP contribution in [0.25, 0.3) is 0 Å². The molecule has 8 nitrogen and oxygen atoms in total. The summed E-state index contributed by atoms with van der Waals surface area (Å²) in [5.41, 5.74) is 0.956. The van der Waals surface area contributed by atoms with Gasteiger partial charge < -0.3 is 24.0 Å². The van der Waals surface area contributed by atoms with Crippen molar-refractivity contribution in [3.05, 3.63) is 35.9 Å². The van der Waals surface area contributed by atoms with Gasteiger partial charge in [-0.1, -0.05) is 103 Å². The molecule has 1 aromatic rings. The third-order valence-electron chi connectivity index (χ3n) is 7.76. The van der Waals surface area contributed by atoms with Crippen LogP contribution in [-0.2, 0) is 34.8 Å². The van der Waals surface area contributed by atoms with Gasteiger partial charge in [-0.15, -0.1) is 0 Å². The first-order valence-corrected chi connectivity index (χ1v) is 18.8. The highest BCUT2D eigenvalue weighted by Crippen LogP contribution is 2.22. The summed E-state index contributed by atoms with van der Waals surface area (Å²) in [5.74, 6) is -0.518. The molecule has 0 bridgehead atoms. The number of esters is 2. The van der Waals surface area contributed by atoms with Gasteiger partial charge in [0.15, 0.2) is 14.4 Å². The summed E-state index contributed by atoms with van der Waals surface area (Å²) in [6.45, 7) is 9.79. The van der Waals surface area contributed by atoms with Gasteiger partial charge in [-0.2, -0.15) is 0 Å². The Morgan fingerprint density at radius 3 is 1.95 bits per heavy atom. The monoisotopic (exact) mass is 607 g/mol. The first-order valence-electron chi connectivity index (χ1n) is 16.3. The van der Waals surface area contributed by atoms with Crippen LogP contribution in [0.1, 0.15) is 110 Å². The van der Waals surface area contributed by atoms with E-state index in [1.54, 1.807) is 0 Å². The molecule has 0 heterocycles. The van der Waals surface area contributed by atoms with Crippen LogP contribution in [0.2, 0.25) is 18.1 Å². The molecule has 42 heavy (non-hydrogen) atoms. The molecule has 0 unspecified atom stereocenters. The van der Waals surface area contributed by atoms with E-state index in [1.165, 1.54) is 12.8 Å². The van der Waals surface area contributed by atoms with Crippen LogP contribution in [-0.4, -0.2) is 52.2 Å². The summed E-state index contributed by atoms with van der Waals surface area (Å²) >= 11 is 0. The van der Waals surface area contributed by atoms with Gasteiger partial charge in [0.1, 0.15) is 13.2 Å². The molecule has 0 aliphatic heterocycles. The minimum atomic E-state index is -1.85. The molecule has 240 valence electrons. The molecule has 1 rings (SSSR count). The minimum absolute atomic E-state index is 0.0358. The molecule has 9 heteroatoms. The van der Waals surface area contributed by atoms with E-state index in [4.69, 9.17) is 18.6 Å². The first-order chi connectivity index (χ1) is 20.4. The van der Waals surface area contributed by atoms with Crippen LogP contribution in [0.5, 0.6) is 0 Å². The fraction of sp³-hybridized carbons (Fsp3) is 0.727. The first kappa shape index (κ1) is 37.6. The standard InChI is InChI=1S/C33H57NO7Si/c1-5-9-10-12-19-24-32(36)41-30(28-40-42(6-2,7-3)8-4)27-38-31(35)23-18-13-11-14-20-25-34-33(37)39-26-29-21-16-15-17-22-29/h15-17,21-22,30H,5-14,18-20,23-28H2,1-4H3,(H,34,37)/t30-/m1/s1. The predicted molar refractivity (Wildman–Crippen MR) is 170 cm³/mol. The van der Waals surface area contributed by atoms with Crippen molar-refractivity contribution >= 4 is 26.3 Å². The number of hydrogen-bond donors (Lipinski definition) is 1. The highest BCUT2D eigenvalue weighted by molar-refractivity contribution is 6.73. The third kappa shape index (κ3) is 18.2. The van der Waals surface area contributed by atoms with Gasteiger partial charge in [-0.3, -0.25) is 9.59 Å². The van der Waals surface area contributed by atoms with Gasteiger partial charge >= 0.3 is 18.0 Å². The summed E-state index contributed by atoms with van der Waals surface area (Å²) in [7, 11) is -1.85. The van der Waals surface area contributed by atoms with Crippen LogP contribution in [0.15, 0.2) is 30.3 Å². The second kappa shape index (κ2) is 24.1. The number of carbonyl (C=O) groups excluding carboxylic acids is 3. The van der Waals surface area contributed by atoms with Crippen LogP contribution in [0, 0.1) is 0 Å². The average Bonchev–Trinajstić information content (AvgIpc) is 3.01. The van der Waals surface area contributed by atoms with Crippen molar-refractivity contribution in [2.24, 2.45) is 0 Å². The maximum atomic E-state index is 12.5.